The van der Waals surface area contributed by atoms with E-state index in [4.69, 9.17) is 5.11 Å². The Balaban J connectivity index is 1.86. The molecule has 0 radical (unpaired) electrons. The predicted molar refractivity (Wildman–Crippen MR) is 110 cm³/mol. The number of anilines is 1. The average Bonchev–Trinajstić information content (AvgIpc) is 2.66. The number of rotatable bonds is 4. The second-order valence-electron chi connectivity index (χ2n) is 6.85. The molecule has 0 spiro atoms. The van der Waals surface area contributed by atoms with E-state index in [0.29, 0.717) is 13.1 Å². The van der Waals surface area contributed by atoms with E-state index in [1.54, 1.807) is 21.9 Å². The summed E-state index contributed by atoms with van der Waals surface area (Å²) in [6, 6.07) is 13.8. The van der Waals surface area contributed by atoms with Crippen LogP contribution in [-0.4, -0.2) is 55.7 Å². The number of amides is 2. The molecule has 0 aliphatic carbocycles. The number of carboxylic acids is 1. The lowest BCUT2D eigenvalue weighted by atomic mass is 10.1. The zero-order chi connectivity index (χ0) is 20.3. The number of carbonyl (C=O) groups is 2. The number of benzene rings is 2. The summed E-state index contributed by atoms with van der Waals surface area (Å²) in [5, 5.41) is 9.06. The summed E-state index contributed by atoms with van der Waals surface area (Å²) < 4.78 is 19.6. The normalized spacial score (nSPS) is 17.0. The predicted octanol–water partition coefficient (Wildman–Crippen LogP) is 3.89. The third kappa shape index (κ3) is 4.64. The first kappa shape index (κ1) is 20.2. The van der Waals surface area contributed by atoms with Gasteiger partial charge in [0.2, 0.25) is 0 Å². The Labute approximate surface area is 165 Å². The molecular formula is C20H24N2O5S. The van der Waals surface area contributed by atoms with Gasteiger partial charge in [-0.3, -0.25) is 14.0 Å². The number of hydrogen-bond donors (Lipinski definition) is 3. The van der Waals surface area contributed by atoms with Gasteiger partial charge in [0.05, 0.1) is 23.6 Å². The standard InChI is InChI=1S/C20H24N2O5S/c1-15-4-2-3-5-18(15)22(14-16-6-8-17(9-7-16)19(23)24)20(25)21-10-12-28(26,27)13-11-21/h2-9,26-27H,10-14H2,1H3,(H,23,24). The van der Waals surface area contributed by atoms with E-state index in [-0.39, 0.29) is 29.6 Å². The number of aryl methyl sites for hydroxylation is 1. The van der Waals surface area contributed by atoms with Crippen molar-refractivity contribution in [1.29, 1.82) is 0 Å². The minimum atomic E-state index is -2.59. The third-order valence-electron chi connectivity index (χ3n) is 4.83. The Kier molecular flexibility index (Phi) is 5.93. The minimum absolute atomic E-state index is 0.188. The highest BCUT2D eigenvalue weighted by Crippen LogP contribution is 2.40. The van der Waals surface area contributed by atoms with E-state index >= 15 is 0 Å². The fourth-order valence-electron chi connectivity index (χ4n) is 3.15. The highest BCUT2D eigenvalue weighted by molar-refractivity contribution is 8.24. The summed E-state index contributed by atoms with van der Waals surface area (Å²) in [5.41, 5.74) is 2.72. The van der Waals surface area contributed by atoms with Gasteiger partial charge in [0.1, 0.15) is 0 Å². The molecule has 1 heterocycles. The van der Waals surface area contributed by atoms with Crippen LogP contribution in [0, 0.1) is 6.92 Å². The lowest BCUT2D eigenvalue weighted by Crippen LogP contribution is -2.49. The highest BCUT2D eigenvalue weighted by atomic mass is 32.3. The second-order valence-corrected chi connectivity index (χ2v) is 9.28. The van der Waals surface area contributed by atoms with E-state index in [1.165, 1.54) is 12.1 Å². The number of aromatic carboxylic acids is 1. The summed E-state index contributed by atoms with van der Waals surface area (Å²) in [6.45, 7) is 2.80. The minimum Gasteiger partial charge on any atom is -0.478 e. The molecule has 0 aromatic heterocycles. The summed E-state index contributed by atoms with van der Waals surface area (Å²) >= 11 is 0. The molecule has 1 aliphatic heterocycles. The molecular weight excluding hydrogens is 380 g/mol. The van der Waals surface area contributed by atoms with Gasteiger partial charge in [0.15, 0.2) is 0 Å². The molecule has 2 aromatic rings. The van der Waals surface area contributed by atoms with Crippen molar-refractivity contribution in [3.8, 4) is 0 Å². The van der Waals surface area contributed by atoms with Crippen LogP contribution in [0.5, 0.6) is 0 Å². The van der Waals surface area contributed by atoms with E-state index in [9.17, 15) is 18.7 Å². The number of carboxylic acid groups (broad SMARTS) is 1. The third-order valence-corrected chi connectivity index (χ3v) is 6.50. The first-order chi connectivity index (χ1) is 13.3. The number of nitrogens with zero attached hydrogens (tertiary/aromatic N) is 2. The summed E-state index contributed by atoms with van der Waals surface area (Å²) in [6.07, 6.45) is 0. The average molecular weight is 404 g/mol. The maximum Gasteiger partial charge on any atom is 0.335 e. The van der Waals surface area contributed by atoms with Crippen LogP contribution in [-0.2, 0) is 6.54 Å². The molecule has 3 N–H and O–H groups in total. The molecule has 8 heteroatoms. The van der Waals surface area contributed by atoms with Crippen LogP contribution in [0.25, 0.3) is 0 Å². The van der Waals surface area contributed by atoms with Gasteiger partial charge in [-0.05, 0) is 36.2 Å². The molecule has 2 amide bonds. The van der Waals surface area contributed by atoms with Crippen molar-refractivity contribution in [3.63, 3.8) is 0 Å². The highest BCUT2D eigenvalue weighted by Gasteiger charge is 2.29. The molecule has 0 atom stereocenters. The van der Waals surface area contributed by atoms with Gasteiger partial charge in [-0.2, -0.15) is 10.6 Å². The molecule has 0 bridgehead atoms. The number of hydrogen-bond acceptors (Lipinski definition) is 4. The SMILES string of the molecule is Cc1ccccc1N(Cc1ccc(C(=O)O)cc1)C(=O)N1CCS(O)(O)CC1. The molecule has 150 valence electrons. The molecule has 0 saturated carbocycles. The quantitative estimate of drug-likeness (QED) is 0.718. The maximum absolute atomic E-state index is 13.2. The molecule has 1 saturated heterocycles. The van der Waals surface area contributed by atoms with E-state index in [1.807, 2.05) is 31.2 Å². The molecule has 0 unspecified atom stereocenters. The van der Waals surface area contributed by atoms with Gasteiger partial charge in [-0.25, -0.2) is 9.59 Å². The van der Waals surface area contributed by atoms with Crippen molar-refractivity contribution >= 4 is 28.3 Å². The van der Waals surface area contributed by atoms with Crippen molar-refractivity contribution in [3.05, 3.63) is 65.2 Å². The van der Waals surface area contributed by atoms with Crippen molar-refractivity contribution < 1.29 is 23.8 Å². The maximum atomic E-state index is 13.2. The molecule has 2 aromatic carbocycles. The van der Waals surface area contributed by atoms with Crippen molar-refractivity contribution in [2.75, 3.05) is 29.5 Å². The Bertz CT molecular complexity index is 859. The largest absolute Gasteiger partial charge is 0.478 e. The monoisotopic (exact) mass is 404 g/mol. The molecule has 7 nitrogen and oxygen atoms in total. The fraction of sp³-hybridized carbons (Fsp3) is 0.300. The molecule has 3 rings (SSSR count). The lowest BCUT2D eigenvalue weighted by Gasteiger charge is -2.42. The lowest BCUT2D eigenvalue weighted by molar-refractivity contribution is 0.0697. The van der Waals surface area contributed by atoms with Crippen LogP contribution >= 0.6 is 10.6 Å². The van der Waals surface area contributed by atoms with Gasteiger partial charge in [-0.1, -0.05) is 30.3 Å². The van der Waals surface area contributed by atoms with E-state index < -0.39 is 16.6 Å². The summed E-state index contributed by atoms with van der Waals surface area (Å²) in [4.78, 5) is 27.6. The van der Waals surface area contributed by atoms with E-state index in [0.717, 1.165) is 16.8 Å². The van der Waals surface area contributed by atoms with Gasteiger partial charge >= 0.3 is 12.0 Å². The Hall–Kier alpha value is -2.55. The first-order valence-electron chi connectivity index (χ1n) is 8.95. The van der Waals surface area contributed by atoms with Gasteiger partial charge in [0, 0.05) is 18.8 Å². The fourth-order valence-corrected chi connectivity index (χ4v) is 4.38. The van der Waals surface area contributed by atoms with Crippen LogP contribution in [0.4, 0.5) is 10.5 Å². The van der Waals surface area contributed by atoms with Gasteiger partial charge < -0.3 is 10.0 Å². The van der Waals surface area contributed by atoms with Crippen molar-refractivity contribution in [2.24, 2.45) is 0 Å². The Morgan fingerprint density at radius 2 is 1.64 bits per heavy atom. The number of para-hydroxylation sites is 1. The zero-order valence-corrected chi connectivity index (χ0v) is 16.4. The summed E-state index contributed by atoms with van der Waals surface area (Å²) in [7, 11) is -2.59. The molecule has 28 heavy (non-hydrogen) atoms. The van der Waals surface area contributed by atoms with E-state index in [2.05, 4.69) is 0 Å². The molecule has 1 aliphatic rings. The van der Waals surface area contributed by atoms with Crippen LogP contribution in [0.1, 0.15) is 21.5 Å². The smallest absolute Gasteiger partial charge is 0.335 e. The van der Waals surface area contributed by atoms with Crippen LogP contribution in [0.15, 0.2) is 48.5 Å². The van der Waals surface area contributed by atoms with Crippen LogP contribution in [0.3, 0.4) is 0 Å². The number of urea groups is 1. The summed E-state index contributed by atoms with van der Waals surface area (Å²) in [5.74, 6) is -0.618. The topological polar surface area (TPSA) is 101 Å². The second kappa shape index (κ2) is 8.22. The van der Waals surface area contributed by atoms with Gasteiger partial charge in [-0.15, -0.1) is 0 Å². The van der Waals surface area contributed by atoms with Crippen LogP contribution < -0.4 is 4.90 Å². The molecule has 1 fully saturated rings. The first-order valence-corrected chi connectivity index (χ1v) is 10.8. The Morgan fingerprint density at radius 3 is 2.21 bits per heavy atom. The van der Waals surface area contributed by atoms with Crippen molar-refractivity contribution in [1.82, 2.24) is 4.90 Å². The van der Waals surface area contributed by atoms with Crippen molar-refractivity contribution in [2.45, 2.75) is 13.5 Å². The Morgan fingerprint density at radius 1 is 1.04 bits per heavy atom. The zero-order valence-electron chi connectivity index (χ0n) is 15.6. The van der Waals surface area contributed by atoms with Crippen LogP contribution in [0.2, 0.25) is 0 Å². The van der Waals surface area contributed by atoms with Gasteiger partial charge in [0.25, 0.3) is 0 Å². The number of carbonyl (C=O) groups excluding carboxylic acids is 1.